The molecule has 0 spiro atoms. The molecular formula is C23H28N6O4. The number of carboxylic acid groups (broad SMARTS) is 1. The van der Waals surface area contributed by atoms with E-state index in [9.17, 15) is 9.59 Å². The maximum Gasteiger partial charge on any atom is 0.290 e. The number of carbonyl (C=O) groups excluding carboxylic acids is 2. The maximum absolute atomic E-state index is 13.1. The molecule has 1 aliphatic heterocycles. The van der Waals surface area contributed by atoms with E-state index in [-0.39, 0.29) is 36.9 Å². The van der Waals surface area contributed by atoms with Gasteiger partial charge in [0, 0.05) is 42.8 Å². The van der Waals surface area contributed by atoms with Crippen LogP contribution in [0.15, 0.2) is 42.6 Å². The molecule has 1 aliphatic rings. The number of hydrogen-bond acceptors (Lipinski definition) is 6. The van der Waals surface area contributed by atoms with Gasteiger partial charge in [0.15, 0.2) is 0 Å². The quantitative estimate of drug-likeness (QED) is 0.578. The minimum absolute atomic E-state index is 0.0555. The number of nitrogens with zero attached hydrogens (tertiary/aromatic N) is 5. The van der Waals surface area contributed by atoms with E-state index in [2.05, 4.69) is 10.1 Å². The lowest BCUT2D eigenvalue weighted by Gasteiger charge is -2.44. The van der Waals surface area contributed by atoms with Gasteiger partial charge in [0.2, 0.25) is 5.91 Å². The Morgan fingerprint density at radius 2 is 1.73 bits per heavy atom. The van der Waals surface area contributed by atoms with E-state index < -0.39 is 0 Å². The lowest BCUT2D eigenvalue weighted by molar-refractivity contribution is -0.137. The van der Waals surface area contributed by atoms with Crippen LogP contribution in [0.2, 0.25) is 0 Å². The molecule has 10 nitrogen and oxygen atoms in total. The molecule has 2 aromatic heterocycles. The minimum Gasteiger partial charge on any atom is -0.483 e. The number of amides is 2. The summed E-state index contributed by atoms with van der Waals surface area (Å²) in [6, 6.07) is 11.1. The van der Waals surface area contributed by atoms with Gasteiger partial charge in [0.05, 0.1) is 5.69 Å². The first-order valence-corrected chi connectivity index (χ1v) is 10.6. The second kappa shape index (κ2) is 10.1. The molecular weight excluding hydrogens is 424 g/mol. The van der Waals surface area contributed by atoms with Crippen molar-refractivity contribution >= 4 is 34.9 Å². The highest BCUT2D eigenvalue weighted by Crippen LogP contribution is 2.21. The number of carbonyl (C=O) groups is 3. The van der Waals surface area contributed by atoms with Gasteiger partial charge in [-0.2, -0.15) is 5.10 Å². The van der Waals surface area contributed by atoms with E-state index >= 15 is 0 Å². The third-order valence-corrected chi connectivity index (χ3v) is 5.91. The molecule has 1 saturated heterocycles. The number of anilines is 1. The minimum atomic E-state index is -0.250. The van der Waals surface area contributed by atoms with Crippen LogP contribution in [0.25, 0.3) is 10.8 Å². The van der Waals surface area contributed by atoms with Gasteiger partial charge in [0.1, 0.15) is 18.1 Å². The molecule has 0 bridgehead atoms. The molecule has 3 aromatic rings. The van der Waals surface area contributed by atoms with Gasteiger partial charge < -0.3 is 20.6 Å². The number of benzene rings is 1. The van der Waals surface area contributed by atoms with Crippen molar-refractivity contribution in [3.8, 4) is 0 Å². The van der Waals surface area contributed by atoms with Crippen LogP contribution in [0.4, 0.5) is 5.82 Å². The Balaban J connectivity index is 0.000000968. The van der Waals surface area contributed by atoms with E-state index in [1.165, 1.54) is 4.68 Å². The molecule has 0 aliphatic carbocycles. The van der Waals surface area contributed by atoms with Crippen LogP contribution < -0.4 is 5.73 Å². The van der Waals surface area contributed by atoms with Crippen molar-refractivity contribution in [1.82, 2.24) is 24.6 Å². The van der Waals surface area contributed by atoms with Crippen LogP contribution in [0.5, 0.6) is 0 Å². The van der Waals surface area contributed by atoms with Gasteiger partial charge in [-0.25, -0.2) is 4.68 Å². The highest BCUT2D eigenvalue weighted by Gasteiger charge is 2.36. The molecule has 2 atom stereocenters. The molecule has 0 saturated carbocycles. The highest BCUT2D eigenvalue weighted by atomic mass is 16.3. The van der Waals surface area contributed by atoms with Crippen molar-refractivity contribution in [2.24, 2.45) is 0 Å². The van der Waals surface area contributed by atoms with Crippen molar-refractivity contribution in [3.05, 3.63) is 54.0 Å². The fourth-order valence-corrected chi connectivity index (χ4v) is 4.04. The van der Waals surface area contributed by atoms with Gasteiger partial charge in [0.25, 0.3) is 12.4 Å². The third kappa shape index (κ3) is 5.11. The topological polar surface area (TPSA) is 135 Å². The smallest absolute Gasteiger partial charge is 0.290 e. The molecule has 33 heavy (non-hydrogen) atoms. The van der Waals surface area contributed by atoms with Crippen molar-refractivity contribution in [3.63, 3.8) is 0 Å². The van der Waals surface area contributed by atoms with E-state index in [0.29, 0.717) is 24.6 Å². The Hall–Kier alpha value is -3.95. The molecule has 1 fully saturated rings. The van der Waals surface area contributed by atoms with Crippen LogP contribution in [0, 0.1) is 6.92 Å². The number of piperazine rings is 1. The average Bonchev–Trinajstić information content (AvgIpc) is 3.11. The standard InChI is InChI=1S/C22H26N6O2.CH2O2/c1-14-10-20(23)28(25-14)13-21(29)26-8-9-27(16(3)15(26)2)22(30)19-11-17-6-4-5-7-18(17)12-24-19;2-1-3/h4-7,10-12,15-16H,8-9,13,23H2,1-3H3;1H,(H,2,3)/t15-,16-;/m1./s1. The summed E-state index contributed by atoms with van der Waals surface area (Å²) in [6.45, 7) is 6.54. The molecule has 0 unspecified atom stereocenters. The van der Waals surface area contributed by atoms with Crippen LogP contribution in [0.1, 0.15) is 30.0 Å². The van der Waals surface area contributed by atoms with Crippen molar-refractivity contribution in [2.45, 2.75) is 39.4 Å². The van der Waals surface area contributed by atoms with E-state index in [1.807, 2.05) is 51.1 Å². The van der Waals surface area contributed by atoms with Gasteiger partial charge >= 0.3 is 0 Å². The first-order chi connectivity index (χ1) is 15.8. The summed E-state index contributed by atoms with van der Waals surface area (Å²) < 4.78 is 1.52. The van der Waals surface area contributed by atoms with Crippen molar-refractivity contribution in [1.29, 1.82) is 0 Å². The third-order valence-electron chi connectivity index (χ3n) is 5.91. The Kier molecular flexibility index (Phi) is 7.27. The molecule has 3 N–H and O–H groups in total. The zero-order valence-electron chi connectivity index (χ0n) is 18.9. The maximum atomic E-state index is 13.1. The van der Waals surface area contributed by atoms with Crippen LogP contribution in [0.3, 0.4) is 0 Å². The van der Waals surface area contributed by atoms with Gasteiger partial charge in [-0.05, 0) is 32.2 Å². The average molecular weight is 453 g/mol. The zero-order chi connectivity index (χ0) is 24.1. The number of nitrogen functional groups attached to an aromatic ring is 1. The van der Waals surface area contributed by atoms with Crippen LogP contribution in [-0.2, 0) is 16.1 Å². The predicted octanol–water partition coefficient (Wildman–Crippen LogP) is 1.78. The number of aryl methyl sites for hydroxylation is 1. The molecule has 0 radical (unpaired) electrons. The molecule has 4 rings (SSSR count). The zero-order valence-corrected chi connectivity index (χ0v) is 18.9. The Morgan fingerprint density at radius 3 is 2.36 bits per heavy atom. The summed E-state index contributed by atoms with van der Waals surface area (Å²) in [4.78, 5) is 42.4. The van der Waals surface area contributed by atoms with E-state index in [1.54, 1.807) is 22.1 Å². The summed E-state index contributed by atoms with van der Waals surface area (Å²) in [5.74, 6) is 0.303. The Morgan fingerprint density at radius 1 is 1.12 bits per heavy atom. The predicted molar refractivity (Wildman–Crippen MR) is 123 cm³/mol. The SMILES string of the molecule is Cc1cc(N)n(CC(=O)N2CCN(C(=O)c3cc4ccccc4cn3)[C@H](C)[C@H]2C)n1.O=CO. The Labute approximate surface area is 191 Å². The highest BCUT2D eigenvalue weighted by molar-refractivity contribution is 5.96. The van der Waals surface area contributed by atoms with Gasteiger partial charge in [-0.1, -0.05) is 24.3 Å². The number of pyridine rings is 1. The fraction of sp³-hybridized carbons (Fsp3) is 0.348. The normalized spacial score (nSPS) is 17.9. The van der Waals surface area contributed by atoms with Crippen molar-refractivity contribution < 1.29 is 19.5 Å². The fourth-order valence-electron chi connectivity index (χ4n) is 4.04. The molecule has 1 aromatic carbocycles. The van der Waals surface area contributed by atoms with Gasteiger partial charge in [-0.15, -0.1) is 0 Å². The summed E-state index contributed by atoms with van der Waals surface area (Å²) in [5, 5.41) is 13.1. The number of aromatic nitrogens is 3. The number of nitrogens with two attached hydrogens (primary N) is 1. The summed E-state index contributed by atoms with van der Waals surface area (Å²) in [7, 11) is 0. The molecule has 2 amide bonds. The largest absolute Gasteiger partial charge is 0.483 e. The summed E-state index contributed by atoms with van der Waals surface area (Å²) >= 11 is 0. The second-order valence-corrected chi connectivity index (χ2v) is 7.96. The number of hydrogen-bond donors (Lipinski definition) is 2. The Bertz CT molecular complexity index is 1160. The van der Waals surface area contributed by atoms with E-state index in [4.69, 9.17) is 15.6 Å². The van der Waals surface area contributed by atoms with Crippen LogP contribution in [-0.4, -0.2) is 73.1 Å². The lowest BCUT2D eigenvalue weighted by Crippen LogP contribution is -2.60. The molecule has 174 valence electrons. The first-order valence-electron chi connectivity index (χ1n) is 10.6. The lowest BCUT2D eigenvalue weighted by atomic mass is 10.0. The first kappa shape index (κ1) is 23.7. The second-order valence-electron chi connectivity index (χ2n) is 7.96. The molecule has 10 heteroatoms. The van der Waals surface area contributed by atoms with Crippen molar-refractivity contribution in [2.75, 3.05) is 18.8 Å². The summed E-state index contributed by atoms with van der Waals surface area (Å²) in [6.07, 6.45) is 1.73. The van der Waals surface area contributed by atoms with Gasteiger partial charge in [-0.3, -0.25) is 19.4 Å². The van der Waals surface area contributed by atoms with Crippen LogP contribution >= 0.6 is 0 Å². The number of rotatable bonds is 3. The monoisotopic (exact) mass is 452 g/mol. The summed E-state index contributed by atoms with van der Waals surface area (Å²) in [5.41, 5.74) is 7.12. The molecule has 3 heterocycles. The number of fused-ring (bicyclic) bond motifs is 1. The van der Waals surface area contributed by atoms with E-state index in [0.717, 1.165) is 16.5 Å².